The van der Waals surface area contributed by atoms with Gasteiger partial charge in [-0.15, -0.1) is 0 Å². The molecule has 0 spiro atoms. The van der Waals surface area contributed by atoms with Crippen molar-refractivity contribution in [3.8, 4) is 5.75 Å². The number of nitrogens with one attached hydrogen (secondary N) is 1. The molecule has 4 N–H and O–H groups in total. The molecule has 178 valence electrons. The van der Waals surface area contributed by atoms with Crippen LogP contribution in [0.4, 0.5) is 10.5 Å². The fraction of sp³-hybridized carbons (Fsp3) is 0.708. The highest BCUT2D eigenvalue weighted by Gasteiger charge is 2.37. The van der Waals surface area contributed by atoms with Gasteiger partial charge in [0, 0.05) is 17.3 Å². The van der Waals surface area contributed by atoms with Gasteiger partial charge in [-0.1, -0.05) is 26.8 Å². The summed E-state index contributed by atoms with van der Waals surface area (Å²) in [4.78, 5) is 22.6. The maximum absolute atomic E-state index is 12.1. The number of nitrogens with two attached hydrogens (primary N) is 1. The lowest BCUT2D eigenvalue weighted by molar-refractivity contribution is 0.0500. The average Bonchev–Trinajstić information content (AvgIpc) is 2.61. The van der Waals surface area contributed by atoms with E-state index in [1.165, 1.54) is 0 Å². The minimum absolute atomic E-state index is 0.000139. The van der Waals surface area contributed by atoms with Crippen molar-refractivity contribution in [3.63, 3.8) is 0 Å². The lowest BCUT2D eigenvalue weighted by Gasteiger charge is -2.35. The van der Waals surface area contributed by atoms with Crippen LogP contribution < -0.4 is 15.8 Å². The van der Waals surface area contributed by atoms with E-state index in [4.69, 9.17) is 15.2 Å². The van der Waals surface area contributed by atoms with E-state index < -0.39 is 20.0 Å². The molecule has 6 nitrogen and oxygen atoms in total. The minimum Gasteiger partial charge on any atom is -0.493 e. The highest BCUT2D eigenvalue weighted by Crippen LogP contribution is 2.39. The molecule has 0 aromatic heterocycles. The van der Waals surface area contributed by atoms with Gasteiger partial charge in [-0.3, -0.25) is 0 Å². The molecule has 31 heavy (non-hydrogen) atoms. The Hall–Kier alpha value is -1.73. The lowest BCUT2D eigenvalue weighted by atomic mass is 10.0. The molecule has 0 aliphatic carbocycles. The Bertz CT molecular complexity index is 709. The van der Waals surface area contributed by atoms with Crippen molar-refractivity contribution in [2.75, 3.05) is 12.3 Å². The summed E-state index contributed by atoms with van der Waals surface area (Å²) < 4.78 is 11.5. The number of ether oxygens (including phenoxy) is 2. The van der Waals surface area contributed by atoms with Gasteiger partial charge >= 0.3 is 6.09 Å². The van der Waals surface area contributed by atoms with Gasteiger partial charge in [-0.25, -0.2) is 4.79 Å². The number of hydrogen-bond acceptors (Lipinski definition) is 5. The fourth-order valence-corrected chi connectivity index (χ4v) is 3.95. The predicted octanol–water partition coefficient (Wildman–Crippen LogP) is 5.64. The number of anilines is 1. The van der Waals surface area contributed by atoms with E-state index in [0.29, 0.717) is 18.7 Å². The predicted molar refractivity (Wildman–Crippen MR) is 131 cm³/mol. The molecule has 0 saturated heterocycles. The van der Waals surface area contributed by atoms with E-state index in [2.05, 4.69) is 19.2 Å². The summed E-state index contributed by atoms with van der Waals surface area (Å²) >= 11 is 0. The maximum atomic E-state index is 12.1. The number of nitrogen functional groups attached to an aromatic ring is 1. The van der Waals surface area contributed by atoms with Crippen LogP contribution in [0.25, 0.3) is 0 Å². The molecule has 7 heteroatoms. The van der Waals surface area contributed by atoms with Crippen molar-refractivity contribution in [1.82, 2.24) is 5.32 Å². The first-order chi connectivity index (χ1) is 14.2. The summed E-state index contributed by atoms with van der Waals surface area (Å²) in [6, 6.07) is 5.73. The Morgan fingerprint density at radius 1 is 1.23 bits per heavy atom. The van der Waals surface area contributed by atoms with Crippen LogP contribution in [0.15, 0.2) is 18.2 Å². The van der Waals surface area contributed by atoms with Gasteiger partial charge in [0.2, 0.25) is 0 Å². The van der Waals surface area contributed by atoms with Gasteiger partial charge in [0.05, 0.1) is 6.61 Å². The molecule has 0 aliphatic rings. The van der Waals surface area contributed by atoms with Gasteiger partial charge in [-0.05, 0) is 83.1 Å². The van der Waals surface area contributed by atoms with Crippen LogP contribution in [0.1, 0.15) is 72.8 Å². The van der Waals surface area contributed by atoms with Crippen molar-refractivity contribution in [1.29, 1.82) is 0 Å². The second kappa shape index (κ2) is 11.2. The largest absolute Gasteiger partial charge is 0.493 e. The van der Waals surface area contributed by atoms with Gasteiger partial charge in [-0.2, -0.15) is 0 Å². The molecule has 0 fully saturated rings. The zero-order valence-electron chi connectivity index (χ0n) is 20.8. The maximum Gasteiger partial charge on any atom is 0.407 e. The van der Waals surface area contributed by atoms with E-state index in [1.54, 1.807) is 0 Å². The van der Waals surface area contributed by atoms with Crippen LogP contribution in [0.2, 0.25) is 18.1 Å². The summed E-state index contributed by atoms with van der Waals surface area (Å²) in [5, 5.41) is 2.89. The van der Waals surface area contributed by atoms with Crippen LogP contribution in [0, 0.1) is 0 Å². The molecule has 0 aliphatic heterocycles. The van der Waals surface area contributed by atoms with E-state index >= 15 is 0 Å². The first-order valence-electron chi connectivity index (χ1n) is 11.4. The topological polar surface area (TPSA) is 93.8 Å². The normalized spacial score (nSPS) is 13.6. The van der Waals surface area contributed by atoms with Gasteiger partial charge in [0.1, 0.15) is 11.4 Å². The molecule has 1 aromatic carbocycles. The van der Waals surface area contributed by atoms with Gasteiger partial charge in [0.15, 0.2) is 8.32 Å². The summed E-state index contributed by atoms with van der Waals surface area (Å²) in [6.07, 6.45) is 3.65. The Morgan fingerprint density at radius 3 is 2.42 bits per heavy atom. The van der Waals surface area contributed by atoms with Crippen molar-refractivity contribution < 1.29 is 19.1 Å². The first-order valence-corrected chi connectivity index (χ1v) is 14.3. The van der Waals surface area contributed by atoms with Crippen LogP contribution in [-0.4, -0.2) is 37.5 Å². The molecule has 0 bridgehead atoms. The summed E-state index contributed by atoms with van der Waals surface area (Å²) in [7, 11) is -2.21. The van der Waals surface area contributed by atoms with Crippen molar-refractivity contribution >= 4 is 20.1 Å². The molecular weight excluding hydrogens is 408 g/mol. The van der Waals surface area contributed by atoms with E-state index in [-0.39, 0.29) is 11.1 Å². The standard InChI is InChI=1S/C24H44N2O4Si/c1-9-18(26-22(27)30-23(2,3)4)14-15-19-20(25)12-10-13-21(19)29-17-11-16-24(5,6)31(7,8)28/h10,12-13,18,28H,9,11,14-17,25H2,1-8H3,(H,26,27)/t18-/m1/s1. The smallest absolute Gasteiger partial charge is 0.407 e. The van der Waals surface area contributed by atoms with Crippen molar-refractivity contribution in [3.05, 3.63) is 23.8 Å². The van der Waals surface area contributed by atoms with E-state index in [0.717, 1.165) is 37.0 Å². The molecule has 1 atom stereocenters. The Morgan fingerprint density at radius 2 is 1.87 bits per heavy atom. The molecule has 0 heterocycles. The summed E-state index contributed by atoms with van der Waals surface area (Å²) in [6.45, 7) is 16.4. The number of alkyl carbamates (subject to hydrolysis) is 1. The zero-order valence-corrected chi connectivity index (χ0v) is 21.8. The number of hydrogen-bond donors (Lipinski definition) is 3. The Balaban J connectivity index is 2.68. The van der Waals surface area contributed by atoms with Gasteiger partial charge in [0.25, 0.3) is 0 Å². The van der Waals surface area contributed by atoms with Crippen molar-refractivity contribution in [2.45, 2.75) is 103 Å². The number of rotatable bonds is 11. The Kier molecular flexibility index (Phi) is 9.89. The van der Waals surface area contributed by atoms with Crippen LogP contribution in [0.3, 0.4) is 0 Å². The third kappa shape index (κ3) is 9.52. The molecular formula is C24H44N2O4Si. The highest BCUT2D eigenvalue weighted by atomic mass is 28.4. The summed E-state index contributed by atoms with van der Waals surface area (Å²) in [5.41, 5.74) is 7.40. The molecule has 0 unspecified atom stereocenters. The molecule has 1 aromatic rings. The third-order valence-corrected chi connectivity index (χ3v) is 9.55. The number of amides is 1. The average molecular weight is 453 g/mol. The monoisotopic (exact) mass is 452 g/mol. The van der Waals surface area contributed by atoms with Crippen LogP contribution in [-0.2, 0) is 11.2 Å². The van der Waals surface area contributed by atoms with Crippen molar-refractivity contribution in [2.24, 2.45) is 0 Å². The quantitative estimate of drug-likeness (QED) is 0.229. The number of benzene rings is 1. The fourth-order valence-electron chi connectivity index (χ4n) is 3.16. The molecule has 1 rings (SSSR count). The van der Waals surface area contributed by atoms with Crippen LogP contribution in [0.5, 0.6) is 5.75 Å². The highest BCUT2D eigenvalue weighted by molar-refractivity contribution is 6.72. The molecule has 0 saturated carbocycles. The second-order valence-corrected chi connectivity index (χ2v) is 15.0. The SMILES string of the molecule is CC[C@H](CCc1c(N)cccc1OCCCC(C)(C)[Si](C)(C)O)NC(=O)OC(C)(C)C. The van der Waals surface area contributed by atoms with E-state index in [9.17, 15) is 9.59 Å². The lowest BCUT2D eigenvalue weighted by Crippen LogP contribution is -2.39. The third-order valence-electron chi connectivity index (χ3n) is 5.99. The minimum atomic E-state index is -2.21. The second-order valence-electron chi connectivity index (χ2n) is 10.5. The van der Waals surface area contributed by atoms with Gasteiger partial charge < -0.3 is 25.3 Å². The van der Waals surface area contributed by atoms with Crippen LogP contribution >= 0.6 is 0 Å². The summed E-state index contributed by atoms with van der Waals surface area (Å²) in [5.74, 6) is 0.797. The number of carbonyl (C=O) groups excluding carboxylic acids is 1. The zero-order chi connectivity index (χ0) is 23.9. The molecule has 1 amide bonds. The van der Waals surface area contributed by atoms with E-state index in [1.807, 2.05) is 59.0 Å². The number of carbonyl (C=O) groups is 1. The molecule has 0 radical (unpaired) electrons. The Labute approximate surface area is 190 Å². The first kappa shape index (κ1) is 27.3.